The molecule has 0 radical (unpaired) electrons. The molecule has 7 heteroatoms. The zero-order chi connectivity index (χ0) is 17.8. The van der Waals surface area contributed by atoms with Crippen LogP contribution in [0.5, 0.6) is 0 Å². The van der Waals surface area contributed by atoms with E-state index in [-0.39, 0.29) is 12.1 Å². The monoisotopic (exact) mass is 358 g/mol. The average Bonchev–Trinajstić information content (AvgIpc) is 3.24. The van der Waals surface area contributed by atoms with Gasteiger partial charge in [0.1, 0.15) is 5.69 Å². The van der Waals surface area contributed by atoms with E-state index in [2.05, 4.69) is 5.16 Å². The van der Waals surface area contributed by atoms with Crippen LogP contribution in [0.2, 0.25) is 5.02 Å². The zero-order valence-corrected chi connectivity index (χ0v) is 14.1. The molecule has 2 heterocycles. The third-order valence-electron chi connectivity index (χ3n) is 3.61. The van der Waals surface area contributed by atoms with Gasteiger partial charge in [0.2, 0.25) is 0 Å². The van der Waals surface area contributed by atoms with E-state index in [0.29, 0.717) is 16.5 Å². The molecule has 0 aliphatic rings. The van der Waals surface area contributed by atoms with Crippen molar-refractivity contribution in [2.45, 2.75) is 6.54 Å². The number of carboxylic acid groups (broad SMARTS) is 1. The summed E-state index contributed by atoms with van der Waals surface area (Å²) in [7, 11) is 1.41. The number of aromatic nitrogens is 2. The quantitative estimate of drug-likeness (QED) is 0.530. The Morgan fingerprint density at radius 2 is 2.12 bits per heavy atom. The van der Waals surface area contributed by atoms with Crippen LogP contribution < -0.4 is 0 Å². The first-order chi connectivity index (χ1) is 12.1. The summed E-state index contributed by atoms with van der Waals surface area (Å²) in [5.74, 6) is -0.436. The van der Waals surface area contributed by atoms with Crippen LogP contribution in [0.1, 0.15) is 0 Å². The number of carboxylic acids is 1. The molecule has 3 rings (SSSR count). The Morgan fingerprint density at radius 3 is 2.80 bits per heavy atom. The smallest absolute Gasteiger partial charge is 0.336 e. The number of hydrogen-bond acceptors (Lipinski definition) is 4. The van der Waals surface area contributed by atoms with Gasteiger partial charge < -0.3 is 18.9 Å². The maximum absolute atomic E-state index is 11.3. The minimum atomic E-state index is -1.04. The molecule has 0 amide bonds. The Labute approximate surface area is 148 Å². The molecule has 25 heavy (non-hydrogen) atoms. The van der Waals surface area contributed by atoms with Gasteiger partial charge in [-0.3, -0.25) is 0 Å². The fraction of sp³-hybridized carbons (Fsp3) is 0.111. The van der Waals surface area contributed by atoms with E-state index in [1.54, 1.807) is 29.0 Å². The molecule has 0 aliphatic heterocycles. The first kappa shape index (κ1) is 16.9. The Hall–Kier alpha value is -2.99. The van der Waals surface area contributed by atoms with E-state index in [4.69, 9.17) is 20.9 Å². The molecular formula is C18H15ClN2O4. The van der Waals surface area contributed by atoms with Gasteiger partial charge in [-0.05, 0) is 36.4 Å². The van der Waals surface area contributed by atoms with Crippen molar-refractivity contribution in [3.63, 3.8) is 0 Å². The highest BCUT2D eigenvalue weighted by atomic mass is 35.5. The number of rotatable bonds is 6. The second-order valence-electron chi connectivity index (χ2n) is 5.29. The lowest BCUT2D eigenvalue weighted by Gasteiger charge is -2.07. The third kappa shape index (κ3) is 3.75. The van der Waals surface area contributed by atoms with Crippen molar-refractivity contribution in [2.24, 2.45) is 0 Å². The van der Waals surface area contributed by atoms with Crippen molar-refractivity contribution >= 4 is 17.6 Å². The standard InChI is InChI=1S/C18H15ClN2O4/c1-24-11-13(18(22)23)10-21-8-2-3-16(21)15-9-17(25-20-15)12-4-6-14(19)7-5-12/h2-9,11H,10H2,1H3,(H,22,23)/b13-11-. The molecular weight excluding hydrogens is 344 g/mol. The second kappa shape index (κ2) is 7.27. The Morgan fingerprint density at radius 1 is 1.36 bits per heavy atom. The topological polar surface area (TPSA) is 77.5 Å². The summed E-state index contributed by atoms with van der Waals surface area (Å²) < 4.78 is 12.0. The van der Waals surface area contributed by atoms with E-state index in [0.717, 1.165) is 11.3 Å². The molecule has 1 aromatic carbocycles. The van der Waals surface area contributed by atoms with Gasteiger partial charge in [0.15, 0.2) is 5.76 Å². The molecule has 0 atom stereocenters. The van der Waals surface area contributed by atoms with Gasteiger partial charge in [0.25, 0.3) is 0 Å². The van der Waals surface area contributed by atoms with Gasteiger partial charge in [0.05, 0.1) is 31.2 Å². The summed E-state index contributed by atoms with van der Waals surface area (Å²) in [6, 6.07) is 12.7. The maximum Gasteiger partial charge on any atom is 0.336 e. The Kier molecular flexibility index (Phi) is 4.90. The van der Waals surface area contributed by atoms with Crippen LogP contribution in [0.25, 0.3) is 22.7 Å². The molecule has 0 aliphatic carbocycles. The van der Waals surface area contributed by atoms with Crippen LogP contribution in [-0.4, -0.2) is 27.9 Å². The first-order valence-electron chi connectivity index (χ1n) is 7.42. The van der Waals surface area contributed by atoms with Crippen molar-refractivity contribution < 1.29 is 19.2 Å². The summed E-state index contributed by atoms with van der Waals surface area (Å²) in [6.07, 6.45) is 2.99. The molecule has 0 bridgehead atoms. The van der Waals surface area contributed by atoms with Gasteiger partial charge in [-0.1, -0.05) is 16.8 Å². The fourth-order valence-electron chi connectivity index (χ4n) is 2.41. The minimum absolute atomic E-state index is 0.126. The van der Waals surface area contributed by atoms with E-state index in [9.17, 15) is 9.90 Å². The number of halogens is 1. The minimum Gasteiger partial charge on any atom is -0.504 e. The SMILES string of the molecule is CO/C=C(/Cn1cccc1-c1cc(-c2ccc(Cl)cc2)on1)C(=O)O. The van der Waals surface area contributed by atoms with Crippen LogP contribution in [0.4, 0.5) is 0 Å². The predicted molar refractivity (Wildman–Crippen MR) is 93.1 cm³/mol. The number of carbonyl (C=O) groups is 1. The summed E-state index contributed by atoms with van der Waals surface area (Å²) in [5.41, 5.74) is 2.33. The van der Waals surface area contributed by atoms with Crippen LogP contribution in [0.3, 0.4) is 0 Å². The lowest BCUT2D eigenvalue weighted by molar-refractivity contribution is -0.133. The van der Waals surface area contributed by atoms with Crippen LogP contribution in [0.15, 0.2) is 65.0 Å². The molecule has 3 aromatic rings. The van der Waals surface area contributed by atoms with E-state index >= 15 is 0 Å². The van der Waals surface area contributed by atoms with E-state index in [1.807, 2.05) is 24.3 Å². The van der Waals surface area contributed by atoms with Crippen molar-refractivity contribution in [1.82, 2.24) is 9.72 Å². The Bertz CT molecular complexity index is 909. The summed E-state index contributed by atoms with van der Waals surface area (Å²) >= 11 is 5.89. The van der Waals surface area contributed by atoms with Gasteiger partial charge in [-0.15, -0.1) is 0 Å². The summed E-state index contributed by atoms with van der Waals surface area (Å²) in [5, 5.41) is 14.0. The molecule has 0 saturated carbocycles. The van der Waals surface area contributed by atoms with Crippen molar-refractivity contribution in [3.8, 4) is 22.7 Å². The largest absolute Gasteiger partial charge is 0.504 e. The van der Waals surface area contributed by atoms with E-state index < -0.39 is 5.97 Å². The highest BCUT2D eigenvalue weighted by Gasteiger charge is 2.15. The molecule has 0 spiro atoms. The van der Waals surface area contributed by atoms with Crippen LogP contribution in [0, 0.1) is 0 Å². The molecule has 0 fully saturated rings. The molecule has 128 valence electrons. The van der Waals surface area contributed by atoms with Crippen molar-refractivity contribution in [1.29, 1.82) is 0 Å². The number of aliphatic carboxylic acids is 1. The number of ether oxygens (including phenoxy) is 1. The number of hydrogen-bond donors (Lipinski definition) is 1. The average molecular weight is 359 g/mol. The number of benzene rings is 1. The van der Waals surface area contributed by atoms with Crippen LogP contribution >= 0.6 is 11.6 Å². The highest BCUT2D eigenvalue weighted by molar-refractivity contribution is 6.30. The molecule has 1 N–H and O–H groups in total. The predicted octanol–water partition coefficient (Wildman–Crippen LogP) is 4.08. The molecule has 0 unspecified atom stereocenters. The highest BCUT2D eigenvalue weighted by Crippen LogP contribution is 2.27. The molecule has 2 aromatic heterocycles. The number of nitrogens with zero attached hydrogens (tertiary/aromatic N) is 2. The van der Waals surface area contributed by atoms with Gasteiger partial charge in [-0.25, -0.2) is 4.79 Å². The lowest BCUT2D eigenvalue weighted by atomic mass is 10.1. The number of methoxy groups -OCH3 is 1. The molecule has 0 saturated heterocycles. The van der Waals surface area contributed by atoms with Crippen molar-refractivity contribution in [2.75, 3.05) is 7.11 Å². The second-order valence-corrected chi connectivity index (χ2v) is 5.73. The Balaban J connectivity index is 1.89. The fourth-order valence-corrected chi connectivity index (χ4v) is 2.54. The van der Waals surface area contributed by atoms with Gasteiger partial charge in [-0.2, -0.15) is 0 Å². The summed E-state index contributed by atoms with van der Waals surface area (Å²) in [4.78, 5) is 11.3. The van der Waals surface area contributed by atoms with E-state index in [1.165, 1.54) is 13.4 Å². The van der Waals surface area contributed by atoms with Gasteiger partial charge in [0, 0.05) is 22.8 Å². The van der Waals surface area contributed by atoms with Gasteiger partial charge >= 0.3 is 5.97 Å². The maximum atomic E-state index is 11.3. The molecule has 6 nitrogen and oxygen atoms in total. The first-order valence-corrected chi connectivity index (χ1v) is 7.79. The van der Waals surface area contributed by atoms with Crippen LogP contribution in [-0.2, 0) is 16.1 Å². The zero-order valence-electron chi connectivity index (χ0n) is 13.3. The van der Waals surface area contributed by atoms with Crippen molar-refractivity contribution in [3.05, 3.63) is 65.5 Å². The summed E-state index contributed by atoms with van der Waals surface area (Å²) in [6.45, 7) is 0.147. The normalized spacial score (nSPS) is 11.5. The lowest BCUT2D eigenvalue weighted by Crippen LogP contribution is -2.10. The third-order valence-corrected chi connectivity index (χ3v) is 3.86.